The van der Waals surface area contributed by atoms with E-state index in [0.717, 1.165) is 12.1 Å². The first kappa shape index (κ1) is 14.4. The number of halogens is 2. The molecule has 1 aromatic heterocycles. The monoisotopic (exact) mass is 298 g/mol. The van der Waals surface area contributed by atoms with E-state index in [2.05, 4.69) is 0 Å². The Balaban J connectivity index is 2.10. The minimum atomic E-state index is -1.52. The average Bonchev–Trinajstić information content (AvgIpc) is 2.42. The number of anilines is 1. The Morgan fingerprint density at radius 1 is 1.15 bits per heavy atom. The maximum atomic E-state index is 13.0. The van der Waals surface area contributed by atoms with Gasteiger partial charge >= 0.3 is 0 Å². The summed E-state index contributed by atoms with van der Waals surface area (Å²) >= 11 is 0. The van der Waals surface area contributed by atoms with Gasteiger partial charge in [0, 0.05) is 35.1 Å². The van der Waals surface area contributed by atoms with Crippen LogP contribution in [0, 0.1) is 11.6 Å². The number of benzene rings is 1. The summed E-state index contributed by atoms with van der Waals surface area (Å²) in [6.07, 6.45) is 1.45. The van der Waals surface area contributed by atoms with E-state index in [4.69, 9.17) is 5.73 Å². The molecule has 2 aromatic rings. The highest BCUT2D eigenvalue weighted by molar-refractivity contribution is 7.85. The minimum Gasteiger partial charge on any atom is -0.398 e. The van der Waals surface area contributed by atoms with Crippen LogP contribution >= 0.6 is 0 Å². The van der Waals surface area contributed by atoms with Crippen molar-refractivity contribution >= 4 is 16.5 Å². The smallest absolute Gasteiger partial charge is 0.250 e. The fraction of sp³-hybridized carbons (Fsp3) is 0.154. The summed E-state index contributed by atoms with van der Waals surface area (Å²) in [5.41, 5.74) is 5.71. The third-order valence-electron chi connectivity index (χ3n) is 2.68. The van der Waals surface area contributed by atoms with Gasteiger partial charge in [-0.2, -0.15) is 0 Å². The van der Waals surface area contributed by atoms with Crippen LogP contribution in [0.4, 0.5) is 14.5 Å². The van der Waals surface area contributed by atoms with Crippen molar-refractivity contribution in [2.24, 2.45) is 0 Å². The molecule has 0 fully saturated rings. The Hall–Kier alpha value is -2.02. The quantitative estimate of drug-likeness (QED) is 0.930. The molecule has 0 amide bonds. The van der Waals surface area contributed by atoms with Crippen molar-refractivity contribution < 1.29 is 13.0 Å². The SMILES string of the molecule is Nc1ccc(=O)n(CCS(=O)c2ccc(F)c(F)c2)c1. The molecule has 0 aliphatic heterocycles. The molecule has 0 radical (unpaired) electrons. The third-order valence-corrected chi connectivity index (χ3v) is 4.01. The lowest BCUT2D eigenvalue weighted by molar-refractivity contribution is 0.505. The molecule has 2 rings (SSSR count). The number of aryl methyl sites for hydroxylation is 1. The maximum Gasteiger partial charge on any atom is 0.250 e. The molecule has 0 saturated carbocycles. The lowest BCUT2D eigenvalue weighted by Gasteiger charge is -2.07. The van der Waals surface area contributed by atoms with Crippen molar-refractivity contribution in [3.05, 3.63) is 58.5 Å². The van der Waals surface area contributed by atoms with Crippen LogP contribution in [0.25, 0.3) is 0 Å². The summed E-state index contributed by atoms with van der Waals surface area (Å²) in [4.78, 5) is 11.7. The van der Waals surface area contributed by atoms with Gasteiger partial charge in [-0.05, 0) is 24.3 Å². The summed E-state index contributed by atoms with van der Waals surface area (Å²) in [5.74, 6) is -1.93. The summed E-state index contributed by atoms with van der Waals surface area (Å²) in [6.45, 7) is 0.176. The van der Waals surface area contributed by atoms with Gasteiger partial charge in [0.15, 0.2) is 11.6 Å². The topological polar surface area (TPSA) is 65.1 Å². The normalized spacial score (nSPS) is 12.3. The van der Waals surface area contributed by atoms with Gasteiger partial charge in [0.05, 0.1) is 10.8 Å². The standard InChI is InChI=1S/C13H12F2N2O2S/c14-11-3-2-10(7-12(11)15)20(19)6-5-17-8-9(16)1-4-13(17)18/h1-4,7-8H,5-6,16H2. The number of pyridine rings is 1. The third kappa shape index (κ3) is 3.30. The van der Waals surface area contributed by atoms with E-state index >= 15 is 0 Å². The second-order valence-electron chi connectivity index (χ2n) is 4.12. The second-order valence-corrected chi connectivity index (χ2v) is 5.69. The van der Waals surface area contributed by atoms with Gasteiger partial charge in [0.2, 0.25) is 0 Å². The molecule has 20 heavy (non-hydrogen) atoms. The van der Waals surface area contributed by atoms with E-state index in [1.165, 1.54) is 29.0 Å². The summed E-state index contributed by atoms with van der Waals surface area (Å²) < 4.78 is 39.1. The number of rotatable bonds is 4. The van der Waals surface area contributed by atoms with Gasteiger partial charge in [-0.1, -0.05) is 0 Å². The highest BCUT2D eigenvalue weighted by Gasteiger charge is 2.09. The second kappa shape index (κ2) is 5.96. The van der Waals surface area contributed by atoms with Crippen LogP contribution in [-0.4, -0.2) is 14.5 Å². The molecule has 0 aliphatic rings. The van der Waals surface area contributed by atoms with Gasteiger partial charge in [0.1, 0.15) is 0 Å². The van der Waals surface area contributed by atoms with Crippen LogP contribution in [0.15, 0.2) is 46.2 Å². The first-order valence-electron chi connectivity index (χ1n) is 5.77. The Morgan fingerprint density at radius 3 is 2.60 bits per heavy atom. The zero-order valence-electron chi connectivity index (χ0n) is 10.4. The number of aromatic nitrogens is 1. The Kier molecular flexibility index (Phi) is 4.29. The molecular weight excluding hydrogens is 286 g/mol. The van der Waals surface area contributed by atoms with Crippen LogP contribution in [0.2, 0.25) is 0 Å². The molecule has 1 unspecified atom stereocenters. The van der Waals surface area contributed by atoms with Crippen molar-refractivity contribution in [2.45, 2.75) is 11.4 Å². The highest BCUT2D eigenvalue weighted by Crippen LogP contribution is 2.12. The number of hydrogen-bond donors (Lipinski definition) is 1. The highest BCUT2D eigenvalue weighted by atomic mass is 32.2. The van der Waals surface area contributed by atoms with Crippen molar-refractivity contribution in [1.82, 2.24) is 4.57 Å². The van der Waals surface area contributed by atoms with Crippen molar-refractivity contribution in [3.63, 3.8) is 0 Å². The van der Waals surface area contributed by atoms with E-state index < -0.39 is 22.4 Å². The maximum absolute atomic E-state index is 13.0. The number of nitrogen functional groups attached to an aromatic ring is 1. The Labute approximate surface area is 116 Å². The fourth-order valence-corrected chi connectivity index (χ4v) is 2.70. The predicted octanol–water partition coefficient (Wildman–Crippen LogP) is 1.52. The van der Waals surface area contributed by atoms with Gasteiger partial charge < -0.3 is 10.3 Å². The predicted molar refractivity (Wildman–Crippen MR) is 72.7 cm³/mol. The summed E-state index contributed by atoms with van der Waals surface area (Å²) in [7, 11) is -1.52. The summed E-state index contributed by atoms with van der Waals surface area (Å²) in [6, 6.07) is 5.88. The molecule has 2 N–H and O–H groups in total. The Bertz CT molecular complexity index is 716. The molecule has 0 spiro atoms. The molecular formula is C13H12F2N2O2S. The van der Waals surface area contributed by atoms with Crippen LogP contribution in [-0.2, 0) is 17.3 Å². The number of nitrogens with two attached hydrogens (primary N) is 1. The molecule has 4 nitrogen and oxygen atoms in total. The molecule has 0 bridgehead atoms. The molecule has 106 valence electrons. The number of nitrogens with zero attached hydrogens (tertiary/aromatic N) is 1. The fourth-order valence-electron chi connectivity index (χ4n) is 1.64. The molecule has 0 saturated heterocycles. The summed E-state index contributed by atoms with van der Waals surface area (Å²) in [5, 5.41) is 0. The molecule has 1 aromatic carbocycles. The van der Waals surface area contributed by atoms with E-state index in [0.29, 0.717) is 5.69 Å². The van der Waals surface area contributed by atoms with Crippen LogP contribution in [0.5, 0.6) is 0 Å². The van der Waals surface area contributed by atoms with Crippen LogP contribution in [0.3, 0.4) is 0 Å². The lowest BCUT2D eigenvalue weighted by atomic mass is 10.3. The van der Waals surface area contributed by atoms with Crippen molar-refractivity contribution in [1.29, 1.82) is 0 Å². The van der Waals surface area contributed by atoms with E-state index in [1.54, 1.807) is 0 Å². The largest absolute Gasteiger partial charge is 0.398 e. The molecule has 7 heteroatoms. The van der Waals surface area contributed by atoms with Crippen molar-refractivity contribution in [2.75, 3.05) is 11.5 Å². The Morgan fingerprint density at radius 2 is 1.90 bits per heavy atom. The zero-order valence-corrected chi connectivity index (χ0v) is 11.2. The first-order valence-corrected chi connectivity index (χ1v) is 7.08. The van der Waals surface area contributed by atoms with E-state index in [-0.39, 0.29) is 22.8 Å². The van der Waals surface area contributed by atoms with Crippen LogP contribution < -0.4 is 11.3 Å². The number of hydrogen-bond acceptors (Lipinski definition) is 3. The zero-order chi connectivity index (χ0) is 14.7. The van der Waals surface area contributed by atoms with Crippen LogP contribution in [0.1, 0.15) is 0 Å². The molecule has 0 aliphatic carbocycles. The van der Waals surface area contributed by atoms with E-state index in [9.17, 15) is 17.8 Å². The average molecular weight is 298 g/mol. The van der Waals surface area contributed by atoms with Gasteiger partial charge in [-0.3, -0.25) is 9.00 Å². The van der Waals surface area contributed by atoms with E-state index in [1.807, 2.05) is 0 Å². The first-order chi connectivity index (χ1) is 9.47. The van der Waals surface area contributed by atoms with Crippen molar-refractivity contribution in [3.8, 4) is 0 Å². The van der Waals surface area contributed by atoms with Gasteiger partial charge in [0.25, 0.3) is 5.56 Å². The molecule has 1 atom stereocenters. The van der Waals surface area contributed by atoms with Gasteiger partial charge in [-0.25, -0.2) is 8.78 Å². The lowest BCUT2D eigenvalue weighted by Crippen LogP contribution is -2.21. The van der Waals surface area contributed by atoms with Gasteiger partial charge in [-0.15, -0.1) is 0 Å². The minimum absolute atomic E-state index is 0.106. The molecule has 1 heterocycles.